The van der Waals surface area contributed by atoms with E-state index in [9.17, 15) is 8.42 Å². The molecule has 1 aromatic heterocycles. The zero-order chi connectivity index (χ0) is 9.35. The summed E-state index contributed by atoms with van der Waals surface area (Å²) >= 11 is 2.92. The van der Waals surface area contributed by atoms with Gasteiger partial charge < -0.3 is 0 Å². The first kappa shape index (κ1) is 9.63. The van der Waals surface area contributed by atoms with Crippen LogP contribution in [0.3, 0.4) is 0 Å². The van der Waals surface area contributed by atoms with Gasteiger partial charge in [-0.2, -0.15) is 8.42 Å². The van der Waals surface area contributed by atoms with Gasteiger partial charge in [0.25, 0.3) is 10.1 Å². The number of halogens is 1. The van der Waals surface area contributed by atoms with Gasteiger partial charge >= 0.3 is 0 Å². The van der Waals surface area contributed by atoms with E-state index >= 15 is 0 Å². The van der Waals surface area contributed by atoms with Gasteiger partial charge in [0, 0.05) is 6.20 Å². The second-order valence-corrected chi connectivity index (χ2v) is 4.42. The largest absolute Gasteiger partial charge is 0.297 e. The molecule has 0 radical (unpaired) electrons. The minimum absolute atomic E-state index is 0.121. The van der Waals surface area contributed by atoms with E-state index in [-0.39, 0.29) is 9.50 Å². The van der Waals surface area contributed by atoms with Crippen LogP contribution in [0.1, 0.15) is 5.56 Å². The van der Waals surface area contributed by atoms with Crippen LogP contribution in [-0.4, -0.2) is 18.0 Å². The Kier molecular flexibility index (Phi) is 2.50. The van der Waals surface area contributed by atoms with E-state index in [0.717, 1.165) is 0 Å². The second kappa shape index (κ2) is 3.12. The average molecular weight is 252 g/mol. The average Bonchev–Trinajstić information content (AvgIpc) is 1.92. The third-order valence-electron chi connectivity index (χ3n) is 1.22. The van der Waals surface area contributed by atoms with Gasteiger partial charge in [0.1, 0.15) is 9.50 Å². The van der Waals surface area contributed by atoms with Crippen LogP contribution >= 0.6 is 15.9 Å². The molecule has 12 heavy (non-hydrogen) atoms. The molecule has 1 heterocycles. The van der Waals surface area contributed by atoms with Crippen LogP contribution in [0.2, 0.25) is 0 Å². The molecule has 1 aromatic rings. The lowest BCUT2D eigenvalue weighted by Gasteiger charge is -1.99. The molecule has 0 aliphatic rings. The van der Waals surface area contributed by atoms with Gasteiger partial charge in [-0.3, -0.25) is 4.55 Å². The topological polar surface area (TPSA) is 67.3 Å². The monoisotopic (exact) mass is 251 g/mol. The lowest BCUT2D eigenvalue weighted by molar-refractivity contribution is 0.482. The highest BCUT2D eigenvalue weighted by molar-refractivity contribution is 9.10. The highest BCUT2D eigenvalue weighted by Crippen LogP contribution is 2.19. The molecule has 0 bridgehead atoms. The molecule has 1 N–H and O–H groups in total. The molecule has 6 heteroatoms. The summed E-state index contributed by atoms with van der Waals surface area (Å²) in [5.74, 6) is 0. The molecule has 0 saturated heterocycles. The summed E-state index contributed by atoms with van der Waals surface area (Å²) in [4.78, 5) is 3.52. The summed E-state index contributed by atoms with van der Waals surface area (Å²) in [6.45, 7) is 1.69. The van der Waals surface area contributed by atoms with E-state index in [4.69, 9.17) is 4.55 Å². The minimum Gasteiger partial charge on any atom is -0.282 e. The van der Waals surface area contributed by atoms with Crippen molar-refractivity contribution in [2.24, 2.45) is 0 Å². The fourth-order valence-electron chi connectivity index (χ4n) is 0.707. The molecule has 0 atom stereocenters. The van der Waals surface area contributed by atoms with Crippen LogP contribution in [-0.2, 0) is 10.1 Å². The van der Waals surface area contributed by atoms with Crippen molar-refractivity contribution >= 4 is 26.0 Å². The zero-order valence-corrected chi connectivity index (χ0v) is 8.55. The van der Waals surface area contributed by atoms with Crippen molar-refractivity contribution in [3.05, 3.63) is 22.4 Å². The lowest BCUT2D eigenvalue weighted by Crippen LogP contribution is -2.00. The number of nitrogens with zero attached hydrogens (tertiary/aromatic N) is 1. The molecule has 0 fully saturated rings. The van der Waals surface area contributed by atoms with Gasteiger partial charge in [0.15, 0.2) is 0 Å². The highest BCUT2D eigenvalue weighted by Gasteiger charge is 2.14. The molecule has 1 rings (SSSR count). The van der Waals surface area contributed by atoms with Crippen LogP contribution in [0.5, 0.6) is 0 Å². The number of rotatable bonds is 1. The predicted molar refractivity (Wildman–Crippen MR) is 46.5 cm³/mol. The second-order valence-electron chi connectivity index (χ2n) is 2.28. The smallest absolute Gasteiger partial charge is 0.282 e. The van der Waals surface area contributed by atoms with Gasteiger partial charge in [-0.15, -0.1) is 0 Å². The maximum atomic E-state index is 10.7. The maximum Gasteiger partial charge on any atom is 0.297 e. The first-order chi connectivity index (χ1) is 5.41. The van der Waals surface area contributed by atoms with E-state index in [1.165, 1.54) is 12.3 Å². The molecule has 0 aliphatic carbocycles. The van der Waals surface area contributed by atoms with Crippen molar-refractivity contribution in [3.63, 3.8) is 0 Å². The van der Waals surface area contributed by atoms with Crippen LogP contribution in [0.25, 0.3) is 0 Å². The first-order valence-corrected chi connectivity index (χ1v) is 5.24. The Morgan fingerprint density at radius 2 is 2.17 bits per heavy atom. The summed E-state index contributed by atoms with van der Waals surface area (Å²) in [7, 11) is -4.17. The molecular formula is C6H6BrNO3S. The summed E-state index contributed by atoms with van der Waals surface area (Å²) < 4.78 is 30.2. The Balaban J connectivity index is 3.43. The van der Waals surface area contributed by atoms with Crippen LogP contribution in [0.15, 0.2) is 21.8 Å². The number of hydrogen-bond acceptors (Lipinski definition) is 3. The Morgan fingerprint density at radius 3 is 2.58 bits per heavy atom. The molecule has 0 amide bonds. The van der Waals surface area contributed by atoms with E-state index in [1.54, 1.807) is 6.92 Å². The van der Waals surface area contributed by atoms with E-state index in [2.05, 4.69) is 20.9 Å². The Hall–Kier alpha value is -0.460. The standard InChI is InChI=1S/C6H6BrNO3S/c1-4-2-5(12(9,10)11)6(7)8-3-4/h2-3H,1H3,(H,9,10,11). The Morgan fingerprint density at radius 1 is 1.58 bits per heavy atom. The van der Waals surface area contributed by atoms with Gasteiger partial charge in [0.2, 0.25) is 0 Å². The lowest BCUT2D eigenvalue weighted by atomic mass is 10.3. The number of aryl methyl sites for hydroxylation is 1. The van der Waals surface area contributed by atoms with Crippen LogP contribution < -0.4 is 0 Å². The number of aromatic nitrogens is 1. The summed E-state index contributed by atoms with van der Waals surface area (Å²) in [5.41, 5.74) is 0.672. The van der Waals surface area contributed by atoms with Crippen molar-refractivity contribution in [2.45, 2.75) is 11.8 Å². The SMILES string of the molecule is Cc1cnc(Br)c(S(=O)(=O)O)c1. The third kappa shape index (κ3) is 2.02. The van der Waals surface area contributed by atoms with Gasteiger partial charge in [-0.25, -0.2) is 4.98 Å². The third-order valence-corrected chi connectivity index (χ3v) is 2.98. The normalized spacial score (nSPS) is 11.6. The molecule has 0 saturated carbocycles. The molecule has 66 valence electrons. The highest BCUT2D eigenvalue weighted by atomic mass is 79.9. The van der Waals surface area contributed by atoms with Gasteiger partial charge in [0.05, 0.1) is 0 Å². The Labute approximate surface area is 78.5 Å². The van der Waals surface area contributed by atoms with Crippen molar-refractivity contribution in [1.29, 1.82) is 0 Å². The fraction of sp³-hybridized carbons (Fsp3) is 0.167. The van der Waals surface area contributed by atoms with Crippen LogP contribution in [0.4, 0.5) is 0 Å². The molecule has 0 aromatic carbocycles. The summed E-state index contributed by atoms with van der Waals surface area (Å²) in [6, 6.07) is 1.34. The summed E-state index contributed by atoms with van der Waals surface area (Å²) in [5, 5.41) is 0. The quantitative estimate of drug-likeness (QED) is 0.606. The number of pyridine rings is 1. The molecule has 0 unspecified atom stereocenters. The minimum atomic E-state index is -4.17. The van der Waals surface area contributed by atoms with Crippen molar-refractivity contribution in [3.8, 4) is 0 Å². The molecule has 0 spiro atoms. The maximum absolute atomic E-state index is 10.7. The van der Waals surface area contributed by atoms with E-state index in [0.29, 0.717) is 5.56 Å². The van der Waals surface area contributed by atoms with Crippen molar-refractivity contribution < 1.29 is 13.0 Å². The van der Waals surface area contributed by atoms with E-state index in [1.807, 2.05) is 0 Å². The first-order valence-electron chi connectivity index (χ1n) is 3.01. The number of hydrogen-bond donors (Lipinski definition) is 1. The zero-order valence-electron chi connectivity index (χ0n) is 6.15. The molecular weight excluding hydrogens is 246 g/mol. The molecule has 0 aliphatic heterocycles. The van der Waals surface area contributed by atoms with Crippen molar-refractivity contribution in [1.82, 2.24) is 4.98 Å². The van der Waals surface area contributed by atoms with Crippen molar-refractivity contribution in [2.75, 3.05) is 0 Å². The molecule has 4 nitrogen and oxygen atoms in total. The van der Waals surface area contributed by atoms with Crippen LogP contribution in [0, 0.1) is 6.92 Å². The van der Waals surface area contributed by atoms with Gasteiger partial charge in [-0.05, 0) is 34.5 Å². The predicted octanol–water partition coefficient (Wildman–Crippen LogP) is 1.40. The van der Waals surface area contributed by atoms with Gasteiger partial charge in [-0.1, -0.05) is 0 Å². The fourth-order valence-corrected chi connectivity index (χ4v) is 2.14. The van der Waals surface area contributed by atoms with E-state index < -0.39 is 10.1 Å². The summed E-state index contributed by atoms with van der Waals surface area (Å²) in [6.07, 6.45) is 1.50. The Bertz CT molecular complexity index is 401.